The first-order valence-electron chi connectivity index (χ1n) is 8.38. The number of anilines is 1. The molecule has 0 aromatic heterocycles. The van der Waals surface area contributed by atoms with Gasteiger partial charge < -0.3 is 24.3 Å². The smallest absolute Gasteiger partial charge is 0.265 e. The number of benzene rings is 2. The number of nitrogens with one attached hydrogen (secondary N) is 1. The predicted octanol–water partition coefficient (Wildman–Crippen LogP) is 3.38. The minimum absolute atomic E-state index is 0.339. The van der Waals surface area contributed by atoms with E-state index in [1.54, 1.807) is 50.4 Å². The molecule has 1 atom stereocenters. The number of hydrogen-bond donors (Lipinski definition) is 1. The Morgan fingerprint density at radius 2 is 1.78 bits per heavy atom. The Morgan fingerprint density at radius 3 is 2.41 bits per heavy atom. The highest BCUT2D eigenvalue weighted by atomic mass is 16.5. The lowest BCUT2D eigenvalue weighted by atomic mass is 10.2. The largest absolute Gasteiger partial charge is 0.493 e. The van der Waals surface area contributed by atoms with Gasteiger partial charge >= 0.3 is 0 Å². The Morgan fingerprint density at radius 1 is 1.07 bits per heavy atom. The average Bonchev–Trinajstić information content (AvgIpc) is 2.69. The zero-order chi connectivity index (χ0) is 19.8. The third-order valence-corrected chi connectivity index (χ3v) is 3.70. The molecule has 0 spiro atoms. The third-order valence-electron chi connectivity index (χ3n) is 3.70. The zero-order valence-electron chi connectivity index (χ0n) is 15.7. The lowest BCUT2D eigenvalue weighted by Gasteiger charge is -2.18. The van der Waals surface area contributed by atoms with Crippen LogP contribution in [0.25, 0.3) is 0 Å². The summed E-state index contributed by atoms with van der Waals surface area (Å²) in [6, 6.07) is 11.9. The number of rotatable bonds is 8. The summed E-state index contributed by atoms with van der Waals surface area (Å²) in [5.74, 6) is 1.55. The summed E-state index contributed by atoms with van der Waals surface area (Å²) < 4.78 is 21.6. The average molecular weight is 370 g/mol. The Hall–Kier alpha value is -3.40. The van der Waals surface area contributed by atoms with Crippen molar-refractivity contribution in [3.8, 4) is 29.1 Å². The van der Waals surface area contributed by atoms with E-state index in [1.165, 1.54) is 7.11 Å². The van der Waals surface area contributed by atoms with E-state index in [0.29, 0.717) is 40.9 Å². The van der Waals surface area contributed by atoms with Crippen LogP contribution in [0.2, 0.25) is 0 Å². The van der Waals surface area contributed by atoms with Crippen molar-refractivity contribution in [3.63, 3.8) is 0 Å². The van der Waals surface area contributed by atoms with Gasteiger partial charge in [0.05, 0.1) is 32.5 Å². The van der Waals surface area contributed by atoms with Crippen LogP contribution in [-0.2, 0) is 4.79 Å². The monoisotopic (exact) mass is 370 g/mol. The summed E-state index contributed by atoms with van der Waals surface area (Å²) in [6.07, 6.45) is -0.787. The maximum atomic E-state index is 12.5. The Bertz CT molecular complexity index is 845. The molecule has 2 rings (SSSR count). The number of amides is 1. The van der Waals surface area contributed by atoms with E-state index in [4.69, 9.17) is 24.2 Å². The standard InChI is InChI=1S/C20H22N2O5/c1-5-26-19-10-14(12-21)6-8-17(19)27-13(2)20(23)22-15-7-9-16(24-3)18(11-15)25-4/h6-11,13H,5H2,1-4H3,(H,22,23)/t13-/m1/s1. The first-order chi connectivity index (χ1) is 13.0. The van der Waals surface area contributed by atoms with Crippen LogP contribution in [0.15, 0.2) is 36.4 Å². The van der Waals surface area contributed by atoms with Gasteiger partial charge in [0.25, 0.3) is 5.91 Å². The molecule has 0 fully saturated rings. The molecule has 27 heavy (non-hydrogen) atoms. The summed E-state index contributed by atoms with van der Waals surface area (Å²) in [5.41, 5.74) is 1.01. The fourth-order valence-electron chi connectivity index (χ4n) is 2.35. The topological polar surface area (TPSA) is 89.8 Å². The molecular formula is C20H22N2O5. The van der Waals surface area contributed by atoms with Crippen LogP contribution in [-0.4, -0.2) is 32.8 Å². The molecule has 0 saturated carbocycles. The van der Waals surface area contributed by atoms with Crippen molar-refractivity contribution in [1.29, 1.82) is 5.26 Å². The zero-order valence-corrected chi connectivity index (χ0v) is 15.7. The quantitative estimate of drug-likeness (QED) is 0.766. The number of carbonyl (C=O) groups is 1. The van der Waals surface area contributed by atoms with E-state index < -0.39 is 6.10 Å². The maximum absolute atomic E-state index is 12.5. The number of ether oxygens (including phenoxy) is 4. The van der Waals surface area contributed by atoms with Crippen LogP contribution in [0.3, 0.4) is 0 Å². The highest BCUT2D eigenvalue weighted by Gasteiger charge is 2.18. The normalized spacial score (nSPS) is 11.1. The molecule has 0 bridgehead atoms. The fourth-order valence-corrected chi connectivity index (χ4v) is 2.35. The predicted molar refractivity (Wildman–Crippen MR) is 101 cm³/mol. The summed E-state index contributed by atoms with van der Waals surface area (Å²) >= 11 is 0. The maximum Gasteiger partial charge on any atom is 0.265 e. The molecule has 0 heterocycles. The number of nitriles is 1. The van der Waals surface area contributed by atoms with E-state index in [9.17, 15) is 4.79 Å². The first-order valence-corrected chi connectivity index (χ1v) is 8.38. The molecule has 0 saturated heterocycles. The van der Waals surface area contributed by atoms with Crippen molar-refractivity contribution in [2.75, 3.05) is 26.1 Å². The van der Waals surface area contributed by atoms with E-state index >= 15 is 0 Å². The SMILES string of the molecule is CCOc1cc(C#N)ccc1O[C@H](C)C(=O)Nc1ccc(OC)c(OC)c1. The van der Waals surface area contributed by atoms with Gasteiger partial charge in [0.2, 0.25) is 0 Å². The van der Waals surface area contributed by atoms with Crippen molar-refractivity contribution in [3.05, 3.63) is 42.0 Å². The summed E-state index contributed by atoms with van der Waals surface area (Å²) in [5, 5.41) is 11.8. The molecule has 0 aliphatic carbocycles. The molecule has 142 valence electrons. The molecular weight excluding hydrogens is 348 g/mol. The van der Waals surface area contributed by atoms with Crippen LogP contribution in [0.4, 0.5) is 5.69 Å². The van der Waals surface area contributed by atoms with Crippen molar-refractivity contribution < 1.29 is 23.7 Å². The van der Waals surface area contributed by atoms with Gasteiger partial charge in [0.1, 0.15) is 0 Å². The molecule has 1 amide bonds. The number of hydrogen-bond acceptors (Lipinski definition) is 6. The number of carbonyl (C=O) groups excluding carboxylic acids is 1. The Kier molecular flexibility index (Phi) is 6.89. The van der Waals surface area contributed by atoms with E-state index in [1.807, 2.05) is 13.0 Å². The molecule has 0 unspecified atom stereocenters. The molecule has 7 nitrogen and oxygen atoms in total. The van der Waals surface area contributed by atoms with Gasteiger partial charge in [-0.25, -0.2) is 0 Å². The van der Waals surface area contributed by atoms with Crippen LogP contribution in [0.1, 0.15) is 19.4 Å². The fraction of sp³-hybridized carbons (Fsp3) is 0.300. The summed E-state index contributed by atoms with van der Waals surface area (Å²) in [7, 11) is 3.06. The highest BCUT2D eigenvalue weighted by molar-refractivity contribution is 5.94. The van der Waals surface area contributed by atoms with Gasteiger partial charge in [-0.1, -0.05) is 0 Å². The third kappa shape index (κ3) is 5.05. The summed E-state index contributed by atoms with van der Waals surface area (Å²) in [6.45, 7) is 3.87. The molecule has 2 aromatic rings. The van der Waals surface area contributed by atoms with Gasteiger partial charge in [-0.2, -0.15) is 5.26 Å². The minimum atomic E-state index is -0.787. The van der Waals surface area contributed by atoms with Crippen molar-refractivity contribution >= 4 is 11.6 Å². The molecule has 0 aliphatic heterocycles. The second-order valence-electron chi connectivity index (χ2n) is 5.53. The van der Waals surface area contributed by atoms with Crippen molar-refractivity contribution in [1.82, 2.24) is 0 Å². The lowest BCUT2D eigenvalue weighted by Crippen LogP contribution is -2.30. The molecule has 1 N–H and O–H groups in total. The van der Waals surface area contributed by atoms with Gasteiger partial charge in [0.15, 0.2) is 29.1 Å². The van der Waals surface area contributed by atoms with Crippen LogP contribution in [0, 0.1) is 11.3 Å². The second kappa shape index (κ2) is 9.34. The van der Waals surface area contributed by atoms with Crippen molar-refractivity contribution in [2.45, 2.75) is 20.0 Å². The van der Waals surface area contributed by atoms with E-state index in [0.717, 1.165) is 0 Å². The van der Waals surface area contributed by atoms with Crippen LogP contribution < -0.4 is 24.3 Å². The van der Waals surface area contributed by atoms with Gasteiger partial charge in [0, 0.05) is 17.8 Å². The lowest BCUT2D eigenvalue weighted by molar-refractivity contribution is -0.122. The molecule has 0 radical (unpaired) electrons. The van der Waals surface area contributed by atoms with Crippen molar-refractivity contribution in [2.24, 2.45) is 0 Å². The second-order valence-corrected chi connectivity index (χ2v) is 5.53. The minimum Gasteiger partial charge on any atom is -0.493 e. The molecule has 0 aliphatic rings. The summed E-state index contributed by atoms with van der Waals surface area (Å²) in [4.78, 5) is 12.5. The van der Waals surface area contributed by atoms with E-state index in [-0.39, 0.29) is 5.91 Å². The van der Waals surface area contributed by atoms with Gasteiger partial charge in [-0.05, 0) is 38.1 Å². The van der Waals surface area contributed by atoms with Gasteiger partial charge in [-0.15, -0.1) is 0 Å². The number of nitrogens with zero attached hydrogens (tertiary/aromatic N) is 1. The van der Waals surface area contributed by atoms with Gasteiger partial charge in [-0.3, -0.25) is 4.79 Å². The highest BCUT2D eigenvalue weighted by Crippen LogP contribution is 2.31. The number of methoxy groups -OCH3 is 2. The molecule has 2 aromatic carbocycles. The Labute approximate surface area is 158 Å². The first kappa shape index (κ1) is 19.9. The molecule has 7 heteroatoms. The Balaban J connectivity index is 2.11. The van der Waals surface area contributed by atoms with E-state index in [2.05, 4.69) is 5.32 Å². The van der Waals surface area contributed by atoms with Crippen LogP contribution in [0.5, 0.6) is 23.0 Å². The van der Waals surface area contributed by atoms with Crippen LogP contribution >= 0.6 is 0 Å².